The van der Waals surface area contributed by atoms with Crippen LogP contribution in [0.1, 0.15) is 16.5 Å². The Labute approximate surface area is 65.6 Å². The minimum absolute atomic E-state index is 0.304. The number of ether oxygens (including phenoxy) is 2. The van der Waals surface area contributed by atoms with Crippen molar-refractivity contribution in [3.63, 3.8) is 0 Å². The van der Waals surface area contributed by atoms with Crippen LogP contribution in [0.4, 0.5) is 0 Å². The molecule has 0 aliphatic carbocycles. The van der Waals surface area contributed by atoms with Gasteiger partial charge in [0.05, 0.1) is 19.8 Å². The SMILES string of the molecule is [2H]CCOCCOC/C=C/C[3H]. The number of rotatable bonds is 6. The van der Waals surface area contributed by atoms with E-state index < -0.39 is 0 Å². The van der Waals surface area contributed by atoms with Crippen molar-refractivity contribution in [2.75, 3.05) is 26.4 Å². The van der Waals surface area contributed by atoms with Gasteiger partial charge in [-0.15, -0.1) is 0 Å². The lowest BCUT2D eigenvalue weighted by Gasteiger charge is -1.99. The van der Waals surface area contributed by atoms with Gasteiger partial charge >= 0.3 is 0 Å². The number of allylic oxidation sites excluding steroid dienone is 1. The summed E-state index contributed by atoms with van der Waals surface area (Å²) in [6, 6.07) is 0. The van der Waals surface area contributed by atoms with Gasteiger partial charge in [0.2, 0.25) is 0 Å². The Bertz CT molecular complexity index is 107. The third-order valence-electron chi connectivity index (χ3n) is 0.897. The lowest BCUT2D eigenvalue weighted by atomic mass is 10.5. The van der Waals surface area contributed by atoms with Crippen molar-refractivity contribution in [2.45, 2.75) is 13.8 Å². The van der Waals surface area contributed by atoms with Crippen LogP contribution in [0.3, 0.4) is 0 Å². The maximum atomic E-state index is 6.79. The third-order valence-corrected chi connectivity index (χ3v) is 0.897. The average molecular weight is 147 g/mol. The second-order valence-electron chi connectivity index (χ2n) is 1.66. The van der Waals surface area contributed by atoms with E-state index in [2.05, 4.69) is 0 Å². The second-order valence-corrected chi connectivity index (χ2v) is 1.66. The van der Waals surface area contributed by atoms with Crippen LogP contribution in [-0.4, -0.2) is 26.4 Å². The Hall–Kier alpha value is -0.340. The zero-order valence-electron chi connectivity index (χ0n) is 8.21. The first-order valence-electron chi connectivity index (χ1n) is 4.72. The first-order valence-corrected chi connectivity index (χ1v) is 3.30. The molecular formula is C8H16O2. The predicted molar refractivity (Wildman–Crippen MR) is 42.1 cm³/mol. The Kier molecular flexibility index (Phi) is 5.52. The molecule has 0 heterocycles. The molecule has 0 saturated heterocycles. The summed E-state index contributed by atoms with van der Waals surface area (Å²) in [5, 5.41) is 0. The van der Waals surface area contributed by atoms with E-state index in [-0.39, 0.29) is 0 Å². The first kappa shape index (κ1) is 6.38. The topological polar surface area (TPSA) is 18.5 Å². The summed E-state index contributed by atoms with van der Waals surface area (Å²) in [4.78, 5) is 0. The van der Waals surface area contributed by atoms with Crippen molar-refractivity contribution in [3.8, 4) is 0 Å². The highest BCUT2D eigenvalue weighted by Crippen LogP contribution is 1.79. The van der Waals surface area contributed by atoms with Gasteiger partial charge in [0.25, 0.3) is 0 Å². The predicted octanol–water partition coefficient (Wildman–Crippen LogP) is 1.62. The Balaban J connectivity index is 2.86. The fourth-order valence-electron chi connectivity index (χ4n) is 0.439. The van der Waals surface area contributed by atoms with Crippen LogP contribution in [-0.2, 0) is 9.47 Å². The number of hydrogen-bond acceptors (Lipinski definition) is 2. The quantitative estimate of drug-likeness (QED) is 0.420. The molecule has 0 unspecified atom stereocenters. The fraction of sp³-hybridized carbons (Fsp3) is 0.750. The number of hydrogen-bond donors (Lipinski definition) is 0. The largest absolute Gasteiger partial charge is 0.379 e. The normalized spacial score (nSPS) is 13.6. The van der Waals surface area contributed by atoms with Crippen molar-refractivity contribution in [1.82, 2.24) is 0 Å². The maximum absolute atomic E-state index is 6.79. The van der Waals surface area contributed by atoms with Crippen molar-refractivity contribution in [3.05, 3.63) is 12.2 Å². The molecule has 0 amide bonds. The van der Waals surface area contributed by atoms with Crippen LogP contribution >= 0.6 is 0 Å². The van der Waals surface area contributed by atoms with Gasteiger partial charge in [-0.3, -0.25) is 0 Å². The summed E-state index contributed by atoms with van der Waals surface area (Å²) in [5.41, 5.74) is 0. The van der Waals surface area contributed by atoms with Gasteiger partial charge in [-0.25, -0.2) is 0 Å². The summed E-state index contributed by atoms with van der Waals surface area (Å²) in [5.74, 6) is 0. The smallest absolute Gasteiger partial charge is 0.0704 e. The molecule has 0 rings (SSSR count). The molecule has 0 aromatic rings. The van der Waals surface area contributed by atoms with Gasteiger partial charge in [-0.05, 0) is 13.8 Å². The minimum atomic E-state index is 0.304. The van der Waals surface area contributed by atoms with Gasteiger partial charge < -0.3 is 9.47 Å². The maximum Gasteiger partial charge on any atom is 0.0704 e. The van der Waals surface area contributed by atoms with Gasteiger partial charge in [0.1, 0.15) is 0 Å². The molecule has 0 radical (unpaired) electrons. The minimum Gasteiger partial charge on any atom is -0.379 e. The van der Waals surface area contributed by atoms with Crippen LogP contribution in [0.15, 0.2) is 12.2 Å². The van der Waals surface area contributed by atoms with E-state index in [0.717, 1.165) is 0 Å². The standard InChI is InChI=1S/C8H16O2/c1-3-5-6-10-8-7-9-4-2/h3,5H,4,6-8H2,1-2H3/b5-3+/i1T,2D. The van der Waals surface area contributed by atoms with Gasteiger partial charge in [-0.1, -0.05) is 12.2 Å². The molecule has 0 saturated carbocycles. The molecule has 0 atom stereocenters. The highest BCUT2D eigenvalue weighted by molar-refractivity contribution is 4.75. The van der Waals surface area contributed by atoms with Crippen molar-refractivity contribution in [1.29, 1.82) is 0 Å². The lowest BCUT2D eigenvalue weighted by molar-refractivity contribution is 0.0643. The van der Waals surface area contributed by atoms with Crippen molar-refractivity contribution < 1.29 is 12.2 Å². The fourth-order valence-corrected chi connectivity index (χ4v) is 0.439. The molecule has 60 valence electrons. The zero-order valence-corrected chi connectivity index (χ0v) is 6.21. The third kappa shape index (κ3) is 7.66. The Morgan fingerprint density at radius 2 is 2.50 bits per heavy atom. The summed E-state index contributed by atoms with van der Waals surface area (Å²) >= 11 is 0. The molecule has 0 N–H and O–H groups in total. The lowest BCUT2D eigenvalue weighted by Crippen LogP contribution is -2.03. The van der Waals surface area contributed by atoms with Gasteiger partial charge in [0, 0.05) is 9.35 Å². The van der Waals surface area contributed by atoms with E-state index >= 15 is 0 Å². The van der Waals surface area contributed by atoms with E-state index in [4.69, 9.17) is 12.2 Å². The monoisotopic (exact) mass is 147 g/mol. The molecule has 10 heavy (non-hydrogen) atoms. The molecule has 0 fully saturated rings. The van der Waals surface area contributed by atoms with E-state index in [1.165, 1.54) is 0 Å². The average Bonchev–Trinajstić information content (AvgIpc) is 2.10. The van der Waals surface area contributed by atoms with Gasteiger partial charge in [0.15, 0.2) is 0 Å². The van der Waals surface area contributed by atoms with Crippen molar-refractivity contribution >= 4 is 0 Å². The highest BCUT2D eigenvalue weighted by atomic mass is 16.5. The first-order chi connectivity index (χ1) is 5.91. The zero-order chi connectivity index (χ0) is 9.07. The summed E-state index contributed by atoms with van der Waals surface area (Å²) in [6.07, 6.45) is 3.56. The van der Waals surface area contributed by atoms with E-state index in [0.29, 0.717) is 40.2 Å². The molecule has 0 spiro atoms. The van der Waals surface area contributed by atoms with Crippen LogP contribution in [0, 0.1) is 0 Å². The second kappa shape index (κ2) is 8.66. The highest BCUT2D eigenvalue weighted by Gasteiger charge is 1.82. The van der Waals surface area contributed by atoms with Crippen LogP contribution in [0.25, 0.3) is 0 Å². The van der Waals surface area contributed by atoms with Crippen LogP contribution < -0.4 is 0 Å². The molecule has 0 aromatic heterocycles. The molecule has 0 aliphatic rings. The van der Waals surface area contributed by atoms with E-state index in [9.17, 15) is 0 Å². The van der Waals surface area contributed by atoms with Crippen LogP contribution in [0.5, 0.6) is 0 Å². The Morgan fingerprint density at radius 1 is 1.60 bits per heavy atom. The van der Waals surface area contributed by atoms with E-state index in [1.807, 2.05) is 6.08 Å². The summed E-state index contributed by atoms with van der Waals surface area (Å²) < 4.78 is 23.7. The molecule has 0 aliphatic heterocycles. The molecule has 2 nitrogen and oxygen atoms in total. The molecule has 0 aromatic carbocycles. The Morgan fingerprint density at radius 3 is 3.30 bits per heavy atom. The molecular weight excluding hydrogens is 128 g/mol. The molecule has 0 bridgehead atoms. The van der Waals surface area contributed by atoms with Gasteiger partial charge in [-0.2, -0.15) is 0 Å². The van der Waals surface area contributed by atoms with E-state index in [1.54, 1.807) is 6.08 Å². The summed E-state index contributed by atoms with van der Waals surface area (Å²) in [6.45, 7) is 2.74. The summed E-state index contributed by atoms with van der Waals surface area (Å²) in [7, 11) is 0. The van der Waals surface area contributed by atoms with Crippen molar-refractivity contribution in [2.24, 2.45) is 0 Å². The molecule has 2 heteroatoms. The van der Waals surface area contributed by atoms with Crippen LogP contribution in [0.2, 0.25) is 0 Å².